The largest absolute Gasteiger partial charge is 0.298 e. The van der Waals surface area contributed by atoms with Crippen molar-refractivity contribution in [1.82, 2.24) is 15.2 Å². The summed E-state index contributed by atoms with van der Waals surface area (Å²) in [6, 6.07) is -0.197. The summed E-state index contributed by atoms with van der Waals surface area (Å²) >= 11 is 1.58. The van der Waals surface area contributed by atoms with E-state index in [1.807, 2.05) is 13.8 Å². The summed E-state index contributed by atoms with van der Waals surface area (Å²) in [6.45, 7) is 3.98. The minimum absolute atomic E-state index is 0.0769. The molecule has 2 heterocycles. The molecule has 0 saturated carbocycles. The van der Waals surface area contributed by atoms with Gasteiger partial charge in [-0.05, 0) is 20.3 Å². The van der Waals surface area contributed by atoms with Crippen LogP contribution in [0.4, 0.5) is 0 Å². The van der Waals surface area contributed by atoms with Crippen LogP contribution in [0.5, 0.6) is 0 Å². The molecule has 98 valence electrons. The van der Waals surface area contributed by atoms with E-state index in [1.54, 1.807) is 23.9 Å². The molecule has 0 radical (unpaired) electrons. The number of carbonyl (C=O) groups is 2. The fourth-order valence-electron chi connectivity index (χ4n) is 2.17. The molecule has 1 N–H and O–H groups in total. The molecule has 0 aliphatic carbocycles. The molecule has 0 bridgehead atoms. The smallest absolute Gasteiger partial charge is 0.246 e. The summed E-state index contributed by atoms with van der Waals surface area (Å²) in [4.78, 5) is 29.9. The van der Waals surface area contributed by atoms with Gasteiger partial charge in [-0.2, -0.15) is 0 Å². The number of aromatic nitrogens is 1. The summed E-state index contributed by atoms with van der Waals surface area (Å²) in [5.74, 6) is -0.236. The lowest BCUT2D eigenvalue weighted by Gasteiger charge is -2.30. The molecule has 2 rings (SSSR count). The highest BCUT2D eigenvalue weighted by atomic mass is 32.1. The maximum Gasteiger partial charge on any atom is 0.246 e. The maximum absolute atomic E-state index is 12.0. The number of amides is 2. The fourth-order valence-corrected chi connectivity index (χ4v) is 2.99. The Hall–Kier alpha value is -1.27. The van der Waals surface area contributed by atoms with Crippen LogP contribution in [0.1, 0.15) is 36.4 Å². The van der Waals surface area contributed by atoms with E-state index < -0.39 is 0 Å². The second-order valence-corrected chi connectivity index (χ2v) is 5.46. The van der Waals surface area contributed by atoms with Crippen LogP contribution in [0.2, 0.25) is 0 Å². The van der Waals surface area contributed by atoms with Crippen molar-refractivity contribution in [2.45, 2.75) is 38.8 Å². The van der Waals surface area contributed by atoms with Crippen LogP contribution in [0, 0.1) is 6.92 Å². The predicted molar refractivity (Wildman–Crippen MR) is 69.2 cm³/mol. The Morgan fingerprint density at radius 2 is 2.28 bits per heavy atom. The second kappa shape index (κ2) is 5.16. The highest BCUT2D eigenvalue weighted by molar-refractivity contribution is 7.09. The van der Waals surface area contributed by atoms with Crippen LogP contribution in [0.3, 0.4) is 0 Å². The second-order valence-electron chi connectivity index (χ2n) is 4.57. The summed E-state index contributed by atoms with van der Waals surface area (Å²) < 4.78 is 0. The summed E-state index contributed by atoms with van der Waals surface area (Å²) in [6.07, 6.45) is 0.999. The Morgan fingerprint density at radius 1 is 1.56 bits per heavy atom. The Bertz CT molecular complexity index is 472. The van der Waals surface area contributed by atoms with Gasteiger partial charge in [-0.3, -0.25) is 19.8 Å². The summed E-state index contributed by atoms with van der Waals surface area (Å²) in [7, 11) is 1.54. The van der Waals surface area contributed by atoms with Crippen LogP contribution in [-0.4, -0.2) is 34.8 Å². The van der Waals surface area contributed by atoms with Crippen LogP contribution >= 0.6 is 11.3 Å². The average molecular weight is 267 g/mol. The Balaban J connectivity index is 2.04. The van der Waals surface area contributed by atoms with Gasteiger partial charge in [-0.15, -0.1) is 11.3 Å². The lowest BCUT2D eigenvalue weighted by molar-refractivity contribution is -0.148. The molecular weight excluding hydrogens is 250 g/mol. The first-order valence-electron chi connectivity index (χ1n) is 5.97. The standard InChI is InChI=1S/C12H17N3O2S/c1-7-11(18-6-13-7)8(2)14-9-4-5-10(16)15(3)12(9)17/h6,8-9,14H,4-5H2,1-3H3. The van der Waals surface area contributed by atoms with Crippen molar-refractivity contribution in [3.63, 3.8) is 0 Å². The van der Waals surface area contributed by atoms with Gasteiger partial charge in [0, 0.05) is 24.4 Å². The molecule has 1 saturated heterocycles. The van der Waals surface area contributed by atoms with Crippen molar-refractivity contribution in [3.05, 3.63) is 16.1 Å². The number of hydrogen-bond donors (Lipinski definition) is 1. The van der Waals surface area contributed by atoms with E-state index in [4.69, 9.17) is 0 Å². The monoisotopic (exact) mass is 267 g/mol. The molecule has 2 atom stereocenters. The van der Waals surface area contributed by atoms with E-state index in [9.17, 15) is 9.59 Å². The molecule has 6 heteroatoms. The van der Waals surface area contributed by atoms with Crippen LogP contribution in [0.15, 0.2) is 5.51 Å². The number of hydrogen-bond acceptors (Lipinski definition) is 5. The van der Waals surface area contributed by atoms with E-state index in [1.165, 1.54) is 4.90 Å². The Morgan fingerprint density at radius 3 is 2.89 bits per heavy atom. The first kappa shape index (κ1) is 13.2. The molecule has 1 aromatic rings. The summed E-state index contributed by atoms with van der Waals surface area (Å²) in [5.41, 5.74) is 2.80. The number of nitrogens with one attached hydrogen (secondary N) is 1. The van der Waals surface area contributed by atoms with Gasteiger partial charge in [0.25, 0.3) is 0 Å². The topological polar surface area (TPSA) is 62.3 Å². The third-order valence-electron chi connectivity index (χ3n) is 3.28. The van der Waals surface area contributed by atoms with E-state index in [2.05, 4.69) is 10.3 Å². The van der Waals surface area contributed by atoms with E-state index >= 15 is 0 Å². The number of piperidine rings is 1. The van der Waals surface area contributed by atoms with Crippen molar-refractivity contribution in [3.8, 4) is 0 Å². The molecule has 18 heavy (non-hydrogen) atoms. The van der Waals surface area contributed by atoms with E-state index in [0.717, 1.165) is 10.6 Å². The molecular formula is C12H17N3O2S. The number of likely N-dealkylation sites (tertiary alicyclic amines) is 1. The van der Waals surface area contributed by atoms with Gasteiger partial charge >= 0.3 is 0 Å². The Labute approximate surface area is 110 Å². The van der Waals surface area contributed by atoms with Crippen molar-refractivity contribution < 1.29 is 9.59 Å². The lowest BCUT2D eigenvalue weighted by atomic mass is 10.0. The van der Waals surface area contributed by atoms with Crippen molar-refractivity contribution in [1.29, 1.82) is 0 Å². The van der Waals surface area contributed by atoms with Crippen LogP contribution in [-0.2, 0) is 9.59 Å². The quantitative estimate of drug-likeness (QED) is 0.837. The SMILES string of the molecule is Cc1ncsc1C(C)NC1CCC(=O)N(C)C1=O. The third kappa shape index (κ3) is 2.44. The molecule has 1 aromatic heterocycles. The van der Waals surface area contributed by atoms with Crippen molar-refractivity contribution >= 4 is 23.2 Å². The third-order valence-corrected chi connectivity index (χ3v) is 4.39. The number of nitrogens with zero attached hydrogens (tertiary/aromatic N) is 2. The van der Waals surface area contributed by atoms with Gasteiger partial charge in [-0.1, -0.05) is 0 Å². The number of rotatable bonds is 3. The van der Waals surface area contributed by atoms with Gasteiger partial charge in [0.2, 0.25) is 11.8 Å². The van der Waals surface area contributed by atoms with Gasteiger partial charge in [0.15, 0.2) is 0 Å². The fraction of sp³-hybridized carbons (Fsp3) is 0.583. The molecule has 5 nitrogen and oxygen atoms in total. The van der Waals surface area contributed by atoms with Gasteiger partial charge < -0.3 is 0 Å². The number of likely N-dealkylation sites (N-methyl/N-ethyl adjacent to an activating group) is 1. The molecule has 0 aromatic carbocycles. The number of imide groups is 1. The van der Waals surface area contributed by atoms with Gasteiger partial charge in [0.05, 0.1) is 17.2 Å². The molecule has 1 aliphatic rings. The first-order chi connectivity index (χ1) is 8.50. The number of aryl methyl sites for hydroxylation is 1. The first-order valence-corrected chi connectivity index (χ1v) is 6.85. The van der Waals surface area contributed by atoms with E-state index in [-0.39, 0.29) is 23.9 Å². The minimum atomic E-state index is -0.274. The molecule has 1 fully saturated rings. The highest BCUT2D eigenvalue weighted by Gasteiger charge is 2.32. The van der Waals surface area contributed by atoms with Crippen molar-refractivity contribution in [2.24, 2.45) is 0 Å². The summed E-state index contributed by atoms with van der Waals surface area (Å²) in [5, 5.41) is 3.29. The number of thiazole rings is 1. The van der Waals surface area contributed by atoms with E-state index in [0.29, 0.717) is 12.8 Å². The molecule has 2 unspecified atom stereocenters. The van der Waals surface area contributed by atoms with Gasteiger partial charge in [-0.25, -0.2) is 4.98 Å². The van der Waals surface area contributed by atoms with Crippen molar-refractivity contribution in [2.75, 3.05) is 7.05 Å². The van der Waals surface area contributed by atoms with Crippen LogP contribution in [0.25, 0.3) is 0 Å². The zero-order valence-electron chi connectivity index (χ0n) is 10.8. The Kier molecular flexibility index (Phi) is 3.77. The van der Waals surface area contributed by atoms with Crippen LogP contribution < -0.4 is 5.32 Å². The zero-order valence-corrected chi connectivity index (χ0v) is 11.6. The molecule has 2 amide bonds. The molecule has 1 aliphatic heterocycles. The normalized spacial score (nSPS) is 22.4. The van der Waals surface area contributed by atoms with Gasteiger partial charge in [0.1, 0.15) is 0 Å². The minimum Gasteiger partial charge on any atom is -0.298 e. The highest BCUT2D eigenvalue weighted by Crippen LogP contribution is 2.23. The molecule has 0 spiro atoms. The zero-order chi connectivity index (χ0) is 13.3. The predicted octanol–water partition coefficient (Wildman–Crippen LogP) is 1.25. The average Bonchev–Trinajstić information content (AvgIpc) is 2.76. The lowest BCUT2D eigenvalue weighted by Crippen LogP contribution is -2.51. The maximum atomic E-state index is 12.0. The number of carbonyl (C=O) groups excluding carboxylic acids is 2.